The first-order valence-corrected chi connectivity index (χ1v) is 8.91. The number of amides is 3. The van der Waals surface area contributed by atoms with E-state index in [2.05, 4.69) is 4.98 Å². The Balaban J connectivity index is 1.54. The number of hydrogen-bond acceptors (Lipinski definition) is 4. The highest BCUT2D eigenvalue weighted by atomic mass is 16.5. The fourth-order valence-electron chi connectivity index (χ4n) is 3.52. The summed E-state index contributed by atoms with van der Waals surface area (Å²) in [5.74, 6) is 0.563. The predicted octanol–water partition coefficient (Wildman–Crippen LogP) is 1.98. The van der Waals surface area contributed by atoms with Gasteiger partial charge in [0, 0.05) is 45.2 Å². The number of rotatable bonds is 3. The molecule has 0 atom stereocenters. The molecule has 2 aliphatic heterocycles. The van der Waals surface area contributed by atoms with Crippen molar-refractivity contribution in [2.75, 3.05) is 45.2 Å². The summed E-state index contributed by atoms with van der Waals surface area (Å²) < 4.78 is 5.05. The van der Waals surface area contributed by atoms with Crippen molar-refractivity contribution in [3.8, 4) is 5.88 Å². The van der Waals surface area contributed by atoms with Crippen LogP contribution in [0.1, 0.15) is 25.7 Å². The van der Waals surface area contributed by atoms with Gasteiger partial charge in [0.05, 0.1) is 19.0 Å². The maximum atomic E-state index is 12.7. The predicted molar refractivity (Wildman–Crippen MR) is 94.7 cm³/mol. The molecule has 3 amide bonds. The summed E-state index contributed by atoms with van der Waals surface area (Å²) in [7, 11) is 3.33. The van der Waals surface area contributed by atoms with Gasteiger partial charge in [-0.15, -0.1) is 0 Å². The summed E-state index contributed by atoms with van der Waals surface area (Å²) in [4.78, 5) is 34.8. The Morgan fingerprint density at radius 3 is 2.32 bits per heavy atom. The van der Waals surface area contributed by atoms with E-state index in [1.165, 1.54) is 0 Å². The Kier molecular flexibility index (Phi) is 5.40. The van der Waals surface area contributed by atoms with Crippen molar-refractivity contribution in [3.05, 3.63) is 18.3 Å². The van der Waals surface area contributed by atoms with Gasteiger partial charge in [-0.05, 0) is 31.7 Å². The SMILES string of the molecule is COc1ccc(N(C)C(=O)C2CCN(C(=O)N3CCCC3)CC2)cn1. The van der Waals surface area contributed by atoms with Gasteiger partial charge in [-0.3, -0.25) is 4.79 Å². The van der Waals surface area contributed by atoms with Crippen LogP contribution in [0.15, 0.2) is 18.3 Å². The van der Waals surface area contributed by atoms with E-state index in [0.29, 0.717) is 31.8 Å². The number of pyridine rings is 1. The first kappa shape index (κ1) is 17.5. The van der Waals surface area contributed by atoms with Crippen LogP contribution >= 0.6 is 0 Å². The molecule has 2 saturated heterocycles. The lowest BCUT2D eigenvalue weighted by Crippen LogP contribution is -2.48. The molecule has 0 aromatic carbocycles. The molecule has 0 aliphatic carbocycles. The van der Waals surface area contributed by atoms with Crippen LogP contribution in [-0.4, -0.2) is 67.1 Å². The molecular weight excluding hydrogens is 320 g/mol. The average molecular weight is 346 g/mol. The minimum Gasteiger partial charge on any atom is -0.481 e. The zero-order valence-electron chi connectivity index (χ0n) is 15.0. The fraction of sp³-hybridized carbons (Fsp3) is 0.611. The van der Waals surface area contributed by atoms with Crippen molar-refractivity contribution in [3.63, 3.8) is 0 Å². The highest BCUT2D eigenvalue weighted by Gasteiger charge is 2.31. The second-order valence-electron chi connectivity index (χ2n) is 6.69. The zero-order chi connectivity index (χ0) is 17.8. The van der Waals surface area contributed by atoms with Crippen molar-refractivity contribution < 1.29 is 14.3 Å². The number of piperidine rings is 1. The number of hydrogen-bond donors (Lipinski definition) is 0. The maximum Gasteiger partial charge on any atom is 0.319 e. The minimum atomic E-state index is -0.0465. The Morgan fingerprint density at radius 2 is 1.76 bits per heavy atom. The molecule has 0 unspecified atom stereocenters. The summed E-state index contributed by atoms with van der Waals surface area (Å²) >= 11 is 0. The monoisotopic (exact) mass is 346 g/mol. The molecule has 1 aromatic rings. The smallest absolute Gasteiger partial charge is 0.319 e. The van der Waals surface area contributed by atoms with Crippen LogP contribution in [0.2, 0.25) is 0 Å². The van der Waals surface area contributed by atoms with Crippen LogP contribution in [0, 0.1) is 5.92 Å². The number of carbonyl (C=O) groups excluding carboxylic acids is 2. The van der Waals surface area contributed by atoms with Crippen molar-refractivity contribution in [1.29, 1.82) is 0 Å². The topological polar surface area (TPSA) is 66.0 Å². The molecule has 0 bridgehead atoms. The standard InChI is InChI=1S/C18H26N4O3/c1-20(15-5-6-16(25-2)19-13-15)17(23)14-7-11-22(12-8-14)18(24)21-9-3-4-10-21/h5-6,13-14H,3-4,7-12H2,1-2H3. The summed E-state index contributed by atoms with van der Waals surface area (Å²) in [5, 5.41) is 0. The molecule has 0 saturated carbocycles. The largest absolute Gasteiger partial charge is 0.481 e. The molecule has 1 aromatic heterocycles. The lowest BCUT2D eigenvalue weighted by molar-refractivity contribution is -0.123. The van der Waals surface area contributed by atoms with E-state index in [1.807, 2.05) is 15.9 Å². The summed E-state index contributed by atoms with van der Waals surface area (Å²) in [6.07, 6.45) is 5.27. The molecule has 25 heavy (non-hydrogen) atoms. The highest BCUT2D eigenvalue weighted by molar-refractivity contribution is 5.94. The molecule has 0 radical (unpaired) electrons. The van der Waals surface area contributed by atoms with E-state index in [1.54, 1.807) is 31.3 Å². The Bertz CT molecular complexity index is 605. The third kappa shape index (κ3) is 3.86. The van der Waals surface area contributed by atoms with Gasteiger partial charge < -0.3 is 19.4 Å². The van der Waals surface area contributed by atoms with Crippen LogP contribution in [0.3, 0.4) is 0 Å². The number of ether oxygens (including phenoxy) is 1. The van der Waals surface area contributed by atoms with E-state index in [0.717, 1.165) is 31.6 Å². The maximum absolute atomic E-state index is 12.7. The van der Waals surface area contributed by atoms with Gasteiger partial charge in [-0.1, -0.05) is 0 Å². The molecule has 2 fully saturated rings. The van der Waals surface area contributed by atoms with Crippen molar-refractivity contribution in [2.45, 2.75) is 25.7 Å². The normalized spacial score (nSPS) is 18.3. The van der Waals surface area contributed by atoms with E-state index in [9.17, 15) is 9.59 Å². The number of nitrogens with zero attached hydrogens (tertiary/aromatic N) is 4. The average Bonchev–Trinajstić information content (AvgIpc) is 3.21. The second-order valence-corrected chi connectivity index (χ2v) is 6.69. The first-order chi connectivity index (χ1) is 12.1. The molecular formula is C18H26N4O3. The molecule has 3 heterocycles. The molecule has 7 heteroatoms. The van der Waals surface area contributed by atoms with Crippen LogP contribution in [0.25, 0.3) is 0 Å². The van der Waals surface area contributed by atoms with E-state index >= 15 is 0 Å². The van der Waals surface area contributed by atoms with Gasteiger partial charge in [-0.25, -0.2) is 9.78 Å². The Labute approximate surface area is 148 Å². The summed E-state index contributed by atoms with van der Waals surface area (Å²) in [6, 6.07) is 3.71. The zero-order valence-corrected chi connectivity index (χ0v) is 15.0. The van der Waals surface area contributed by atoms with Gasteiger partial charge >= 0.3 is 6.03 Å². The van der Waals surface area contributed by atoms with Gasteiger partial charge in [0.25, 0.3) is 0 Å². The Hall–Kier alpha value is -2.31. The molecule has 7 nitrogen and oxygen atoms in total. The lowest BCUT2D eigenvalue weighted by Gasteiger charge is -2.35. The lowest BCUT2D eigenvalue weighted by atomic mass is 9.95. The van der Waals surface area contributed by atoms with Crippen LogP contribution in [0.5, 0.6) is 5.88 Å². The molecule has 136 valence electrons. The van der Waals surface area contributed by atoms with Gasteiger partial charge in [0.2, 0.25) is 11.8 Å². The van der Waals surface area contributed by atoms with Crippen molar-refractivity contribution in [1.82, 2.24) is 14.8 Å². The van der Waals surface area contributed by atoms with Gasteiger partial charge in [0.15, 0.2) is 0 Å². The highest BCUT2D eigenvalue weighted by Crippen LogP contribution is 2.24. The van der Waals surface area contributed by atoms with Crippen LogP contribution < -0.4 is 9.64 Å². The quantitative estimate of drug-likeness (QED) is 0.839. The second kappa shape index (κ2) is 7.72. The summed E-state index contributed by atoms with van der Waals surface area (Å²) in [5.41, 5.74) is 0.751. The fourth-order valence-corrected chi connectivity index (χ4v) is 3.52. The first-order valence-electron chi connectivity index (χ1n) is 8.91. The van der Waals surface area contributed by atoms with Crippen molar-refractivity contribution in [2.24, 2.45) is 5.92 Å². The molecule has 2 aliphatic rings. The summed E-state index contributed by atoms with van der Waals surface area (Å²) in [6.45, 7) is 3.04. The Morgan fingerprint density at radius 1 is 1.12 bits per heavy atom. The van der Waals surface area contributed by atoms with E-state index in [4.69, 9.17) is 4.74 Å². The van der Waals surface area contributed by atoms with Gasteiger partial charge in [-0.2, -0.15) is 0 Å². The number of aromatic nitrogens is 1. The molecule has 0 spiro atoms. The number of methoxy groups -OCH3 is 1. The van der Waals surface area contributed by atoms with Crippen LogP contribution in [0.4, 0.5) is 10.5 Å². The number of likely N-dealkylation sites (tertiary alicyclic amines) is 2. The number of carbonyl (C=O) groups is 2. The number of anilines is 1. The van der Waals surface area contributed by atoms with Crippen molar-refractivity contribution >= 4 is 17.6 Å². The van der Waals surface area contributed by atoms with Crippen LogP contribution in [-0.2, 0) is 4.79 Å². The minimum absolute atomic E-state index is 0.0465. The van der Waals surface area contributed by atoms with E-state index < -0.39 is 0 Å². The molecule has 0 N–H and O–H groups in total. The van der Waals surface area contributed by atoms with E-state index in [-0.39, 0.29) is 17.9 Å². The number of urea groups is 1. The third-order valence-corrected chi connectivity index (χ3v) is 5.14. The van der Waals surface area contributed by atoms with Gasteiger partial charge in [0.1, 0.15) is 0 Å². The molecule has 3 rings (SSSR count). The third-order valence-electron chi connectivity index (χ3n) is 5.14.